The number of quaternary nitrogens is 2. The lowest BCUT2D eigenvalue weighted by Gasteiger charge is -2.44. The summed E-state index contributed by atoms with van der Waals surface area (Å²) in [5.74, 6) is -12.2. The van der Waals surface area contributed by atoms with Gasteiger partial charge in [-0.25, -0.2) is 9.28 Å². The predicted molar refractivity (Wildman–Crippen MR) is 209 cm³/mol. The summed E-state index contributed by atoms with van der Waals surface area (Å²) in [4.78, 5) is 21.7. The molecule has 2 fully saturated rings. The number of nitrogens with zero attached hydrogens (tertiary/aromatic N) is 5. The van der Waals surface area contributed by atoms with Gasteiger partial charge in [-0.05, 0) is 43.9 Å². The van der Waals surface area contributed by atoms with Crippen molar-refractivity contribution in [3.63, 3.8) is 0 Å². The standard InChI is InChI=1S/C15H17F7N.C8H7F3NO2.C7H11F3NO.C7H7F3N.C6H5F3N/c16-13(17,14(18,19)15(20,21)22)11-23(9-5-2-6-10-23)12-7-3-1-4-8-12;1-14-7(13)6-2-4-12(5-3-6)8(9,10)11;1-11(7(8,9)10)4-2-3-6(12)5-11;1-6-2-4-11(5-3-6)7(8,9)10;7-6(8,9)10-4-2-1-3-5-10/h1,3-4,7-8H,2,5-6,9-11H2;2-5H,1H3;2-5H2,1H3;2-5H,1H3;1-5H/q5*+1. The lowest BCUT2D eigenvalue weighted by molar-refractivity contribution is -1.01. The summed E-state index contributed by atoms with van der Waals surface area (Å²) in [7, 11) is 2.23. The average molecular weight is 1040 g/mol. The summed E-state index contributed by atoms with van der Waals surface area (Å²) in [6.07, 6.45) is -15.8. The number of esters is 1. The highest BCUT2D eigenvalue weighted by molar-refractivity contribution is 5.88. The molecule has 5 heterocycles. The Morgan fingerprint density at radius 1 is 0.571 bits per heavy atom. The lowest BCUT2D eigenvalue weighted by atomic mass is 10.0. The summed E-state index contributed by atoms with van der Waals surface area (Å²) in [5, 5.41) is 0. The number of pyridine rings is 3. The zero-order valence-electron chi connectivity index (χ0n) is 37.1. The Labute approximate surface area is 387 Å². The molecule has 2 aliphatic heterocycles. The van der Waals surface area contributed by atoms with Crippen LogP contribution in [0.1, 0.15) is 48.0 Å². The first kappa shape index (κ1) is 60.5. The number of hydrogen-bond donors (Lipinski definition) is 0. The van der Waals surface area contributed by atoms with E-state index in [2.05, 4.69) is 4.74 Å². The van der Waals surface area contributed by atoms with E-state index in [0.29, 0.717) is 31.4 Å². The van der Waals surface area contributed by atoms with E-state index in [9.17, 15) is 93.0 Å². The molecule has 2 aliphatic rings. The number of benzene rings is 1. The Morgan fingerprint density at radius 3 is 1.37 bits per heavy atom. The maximum Gasteiger partial charge on any atom is 0.637 e. The molecule has 0 bridgehead atoms. The fourth-order valence-electron chi connectivity index (χ4n) is 6.53. The van der Waals surface area contributed by atoms with Gasteiger partial charge in [-0.3, -0.25) is 9.28 Å². The molecule has 3 aromatic heterocycles. The van der Waals surface area contributed by atoms with Crippen LogP contribution in [0.15, 0.2) is 110 Å². The minimum Gasteiger partial charge on any atom is -0.465 e. The van der Waals surface area contributed by atoms with E-state index in [1.165, 1.54) is 42.5 Å². The first-order chi connectivity index (χ1) is 31.9. The number of likely N-dealkylation sites (tertiary alicyclic amines) is 2. The van der Waals surface area contributed by atoms with Gasteiger partial charge in [0.05, 0.1) is 39.4 Å². The van der Waals surface area contributed by atoms with Gasteiger partial charge in [0.1, 0.15) is 12.2 Å². The molecule has 6 rings (SSSR count). The van der Waals surface area contributed by atoms with Crippen LogP contribution >= 0.6 is 0 Å². The number of aromatic nitrogens is 3. The first-order valence-corrected chi connectivity index (χ1v) is 20.3. The van der Waals surface area contributed by atoms with E-state index < -0.39 is 71.2 Å². The third-order valence-electron chi connectivity index (χ3n) is 10.4. The minimum absolute atomic E-state index is 0.0231. The maximum absolute atomic E-state index is 13.9. The number of Topliss-reactive ketones (excluding diaryl/α,β-unsaturated/α-hetero) is 1. The fraction of sp³-hybridized carbons (Fsp3) is 0.465. The summed E-state index contributed by atoms with van der Waals surface area (Å²) < 4.78 is 239. The summed E-state index contributed by atoms with van der Waals surface area (Å²) in [6, 6.07) is 16.8. The highest BCUT2D eigenvalue weighted by atomic mass is 19.4. The number of halogens is 19. The quantitative estimate of drug-likeness (QED) is 0.0658. The van der Waals surface area contributed by atoms with Crippen molar-refractivity contribution in [1.29, 1.82) is 0 Å². The van der Waals surface area contributed by atoms with Crippen LogP contribution in [0.25, 0.3) is 0 Å². The average Bonchev–Trinajstić information content (AvgIpc) is 3.26. The monoisotopic (exact) mass is 1040 g/mol. The zero-order valence-corrected chi connectivity index (χ0v) is 37.1. The topological polar surface area (TPSA) is 55.0 Å². The molecule has 1 aromatic carbocycles. The van der Waals surface area contributed by atoms with E-state index >= 15 is 0 Å². The van der Waals surface area contributed by atoms with E-state index in [0.717, 1.165) is 75.5 Å². The van der Waals surface area contributed by atoms with Gasteiger partial charge in [-0.2, -0.15) is 30.7 Å². The fourth-order valence-corrected chi connectivity index (χ4v) is 6.53. The molecule has 0 radical (unpaired) electrons. The molecule has 390 valence electrons. The van der Waals surface area contributed by atoms with Crippen LogP contribution in [0.4, 0.5) is 89.1 Å². The summed E-state index contributed by atoms with van der Waals surface area (Å²) >= 11 is 0. The number of ether oxygens (including phenoxy) is 1. The summed E-state index contributed by atoms with van der Waals surface area (Å²) in [6.45, 7) is 0.0318. The van der Waals surface area contributed by atoms with Crippen molar-refractivity contribution in [1.82, 2.24) is 4.48 Å². The van der Waals surface area contributed by atoms with Crippen molar-refractivity contribution in [3.8, 4) is 0 Å². The van der Waals surface area contributed by atoms with Crippen LogP contribution in [0, 0.1) is 6.92 Å². The van der Waals surface area contributed by atoms with Crippen LogP contribution in [0.2, 0.25) is 0 Å². The van der Waals surface area contributed by atoms with Crippen LogP contribution in [-0.4, -0.2) is 87.4 Å². The molecule has 1 atom stereocenters. The molecule has 0 aliphatic carbocycles. The molecular formula is C43H47F19N5O3+5. The number of piperidine rings is 2. The molecular weight excluding hydrogens is 995 g/mol. The normalized spacial score (nSPS) is 17.7. The second kappa shape index (κ2) is 24.0. The molecule has 8 nitrogen and oxygen atoms in total. The SMILES string of the molecule is COC(=O)c1cc[n+](C(F)(F)F)cc1.C[N+]1(C(F)(F)F)CCCC(=O)C1.Cc1cc[n+](C(F)(F)F)cc1.FC(F)(F)C(F)(F)C(F)(F)C[N+]1(c2ccccc2)CCCCC1.FC(F)(F)[n+]1ccccc1. The maximum atomic E-state index is 13.9. The molecule has 4 aromatic rings. The lowest BCUT2D eigenvalue weighted by Crippen LogP contribution is -2.65. The van der Waals surface area contributed by atoms with Gasteiger partial charge in [-0.15, -0.1) is 66.4 Å². The number of carbonyl (C=O) groups is 2. The van der Waals surface area contributed by atoms with Gasteiger partial charge < -0.3 is 4.74 Å². The number of aryl methyl sites for hydroxylation is 1. The van der Waals surface area contributed by atoms with E-state index in [1.54, 1.807) is 25.1 Å². The molecule has 27 heteroatoms. The van der Waals surface area contributed by atoms with Crippen molar-refractivity contribution >= 4 is 17.4 Å². The van der Waals surface area contributed by atoms with Gasteiger partial charge in [-0.1, -0.05) is 24.3 Å². The van der Waals surface area contributed by atoms with Gasteiger partial charge in [0, 0.05) is 49.2 Å². The number of hydrogen-bond acceptors (Lipinski definition) is 3. The number of likely N-dealkylation sites (N-methyl/N-ethyl adjacent to an activating group) is 1. The van der Waals surface area contributed by atoms with Crippen molar-refractivity contribution < 1.29 is 116 Å². The second-order valence-corrected chi connectivity index (χ2v) is 15.8. The third-order valence-corrected chi connectivity index (χ3v) is 10.4. The van der Waals surface area contributed by atoms with Crippen LogP contribution in [0.5, 0.6) is 0 Å². The van der Waals surface area contributed by atoms with Crippen LogP contribution in [-0.2, 0) is 28.4 Å². The first-order valence-electron chi connectivity index (χ1n) is 20.3. The number of alkyl halides is 19. The van der Waals surface area contributed by atoms with Crippen molar-refractivity contribution in [3.05, 3.63) is 121 Å². The molecule has 2 saturated heterocycles. The zero-order chi connectivity index (χ0) is 53.6. The Bertz CT molecular complexity index is 2210. The highest BCUT2D eigenvalue weighted by Gasteiger charge is 2.75. The Morgan fingerprint density at radius 2 is 1.00 bits per heavy atom. The van der Waals surface area contributed by atoms with Gasteiger partial charge in [0.25, 0.3) is 0 Å². The number of para-hydroxylation sites is 1. The van der Waals surface area contributed by atoms with E-state index in [1.807, 2.05) is 0 Å². The molecule has 0 spiro atoms. The highest BCUT2D eigenvalue weighted by Crippen LogP contribution is 2.48. The largest absolute Gasteiger partial charge is 0.637 e. The van der Waals surface area contributed by atoms with Gasteiger partial charge in [0.15, 0.2) is 49.5 Å². The van der Waals surface area contributed by atoms with Crippen molar-refractivity contribution in [2.75, 3.05) is 46.9 Å². The molecule has 70 heavy (non-hydrogen) atoms. The molecule has 1 unspecified atom stereocenters. The number of carbonyl (C=O) groups excluding carboxylic acids is 2. The van der Waals surface area contributed by atoms with Crippen molar-refractivity contribution in [2.24, 2.45) is 0 Å². The van der Waals surface area contributed by atoms with Crippen LogP contribution < -0.4 is 18.2 Å². The number of methoxy groups -OCH3 is 1. The summed E-state index contributed by atoms with van der Waals surface area (Å²) in [5.41, 5.74) is 1.23. The number of rotatable bonds is 5. The molecule has 0 saturated carbocycles. The number of ketones is 1. The van der Waals surface area contributed by atoms with E-state index in [4.69, 9.17) is 0 Å². The third kappa shape index (κ3) is 17.7. The smallest absolute Gasteiger partial charge is 0.465 e. The Kier molecular flexibility index (Phi) is 20.8. The van der Waals surface area contributed by atoms with E-state index in [-0.39, 0.29) is 44.7 Å². The second-order valence-electron chi connectivity index (χ2n) is 15.8. The van der Waals surface area contributed by atoms with Crippen molar-refractivity contribution in [2.45, 2.75) is 82.3 Å². The minimum atomic E-state index is -6.28. The molecule has 0 amide bonds. The molecule has 0 N–H and O–H groups in total. The Balaban J connectivity index is 0.000000313. The Hall–Kier alpha value is -5.60. The van der Waals surface area contributed by atoms with Crippen LogP contribution in [0.3, 0.4) is 0 Å². The van der Waals surface area contributed by atoms with Gasteiger partial charge >= 0.3 is 49.2 Å². The van der Waals surface area contributed by atoms with Gasteiger partial charge in [0.2, 0.25) is 0 Å². The predicted octanol–water partition coefficient (Wildman–Crippen LogP) is 10.8.